The van der Waals surface area contributed by atoms with Crippen LogP contribution in [0.4, 0.5) is 5.69 Å². The number of sulfonamides is 1. The molecule has 19 heavy (non-hydrogen) atoms. The molecule has 1 aromatic rings. The molecule has 0 aliphatic carbocycles. The summed E-state index contributed by atoms with van der Waals surface area (Å²) in [5.74, 6) is -0.254. The van der Waals surface area contributed by atoms with Gasteiger partial charge in [-0.05, 0) is 31.5 Å². The van der Waals surface area contributed by atoms with Crippen LogP contribution in [-0.2, 0) is 10.0 Å². The Bertz CT molecular complexity index is 498. The summed E-state index contributed by atoms with van der Waals surface area (Å²) in [4.78, 5) is 0. The molecule has 2 unspecified atom stereocenters. The Labute approximate surface area is 114 Å². The SMILES string of the molecule is CN(c1ccccc1)S(=O)(=O)CC(O)C1CCCN1. The molecular formula is C13H20N2O3S. The van der Waals surface area contributed by atoms with Crippen LogP contribution < -0.4 is 9.62 Å². The van der Waals surface area contributed by atoms with Gasteiger partial charge in [-0.1, -0.05) is 18.2 Å². The first-order chi connectivity index (χ1) is 9.00. The molecule has 2 atom stereocenters. The molecule has 1 aromatic carbocycles. The molecule has 1 saturated heterocycles. The van der Waals surface area contributed by atoms with E-state index in [-0.39, 0.29) is 11.8 Å². The van der Waals surface area contributed by atoms with Crippen LogP contribution in [0.5, 0.6) is 0 Å². The smallest absolute Gasteiger partial charge is 0.237 e. The summed E-state index contributed by atoms with van der Waals surface area (Å²) >= 11 is 0. The van der Waals surface area contributed by atoms with Gasteiger partial charge in [-0.2, -0.15) is 0 Å². The summed E-state index contributed by atoms with van der Waals surface area (Å²) in [5.41, 5.74) is 0.606. The van der Waals surface area contributed by atoms with Crippen molar-refractivity contribution in [3.63, 3.8) is 0 Å². The minimum Gasteiger partial charge on any atom is -0.390 e. The van der Waals surface area contributed by atoms with Gasteiger partial charge in [0.15, 0.2) is 0 Å². The summed E-state index contributed by atoms with van der Waals surface area (Å²) in [5, 5.41) is 13.1. The summed E-state index contributed by atoms with van der Waals surface area (Å²) in [6.45, 7) is 0.844. The third-order valence-corrected chi connectivity index (χ3v) is 5.29. The standard InChI is InChI=1S/C13H20N2O3S/c1-15(11-6-3-2-4-7-11)19(17,18)10-13(16)12-8-5-9-14-12/h2-4,6-7,12-14,16H,5,8-10H2,1H3. The lowest BCUT2D eigenvalue weighted by Gasteiger charge is -2.23. The maximum Gasteiger partial charge on any atom is 0.237 e. The zero-order chi connectivity index (χ0) is 13.9. The second-order valence-electron chi connectivity index (χ2n) is 4.85. The van der Waals surface area contributed by atoms with Gasteiger partial charge in [0.2, 0.25) is 10.0 Å². The number of anilines is 1. The van der Waals surface area contributed by atoms with E-state index in [1.54, 1.807) is 24.3 Å². The number of nitrogens with one attached hydrogen (secondary N) is 1. The van der Waals surface area contributed by atoms with E-state index in [0.717, 1.165) is 19.4 Å². The van der Waals surface area contributed by atoms with Crippen molar-refractivity contribution in [2.75, 3.05) is 23.7 Å². The van der Waals surface area contributed by atoms with E-state index in [0.29, 0.717) is 5.69 Å². The van der Waals surface area contributed by atoms with Crippen molar-refractivity contribution in [1.82, 2.24) is 5.32 Å². The summed E-state index contributed by atoms with van der Waals surface area (Å²) in [6.07, 6.45) is 0.945. The lowest BCUT2D eigenvalue weighted by Crippen LogP contribution is -2.43. The quantitative estimate of drug-likeness (QED) is 0.829. The lowest BCUT2D eigenvalue weighted by atomic mass is 10.1. The number of para-hydroxylation sites is 1. The highest BCUT2D eigenvalue weighted by atomic mass is 32.2. The van der Waals surface area contributed by atoms with Gasteiger partial charge in [-0.15, -0.1) is 0 Å². The van der Waals surface area contributed by atoms with Gasteiger partial charge in [0.25, 0.3) is 0 Å². The number of hydrogen-bond donors (Lipinski definition) is 2. The summed E-state index contributed by atoms with van der Waals surface area (Å²) in [6, 6.07) is 8.77. The molecule has 0 bridgehead atoms. The number of nitrogens with zero attached hydrogens (tertiary/aromatic N) is 1. The van der Waals surface area contributed by atoms with Crippen molar-refractivity contribution < 1.29 is 13.5 Å². The van der Waals surface area contributed by atoms with Crippen LogP contribution in [0.3, 0.4) is 0 Å². The Hall–Kier alpha value is -1.11. The molecule has 5 nitrogen and oxygen atoms in total. The van der Waals surface area contributed by atoms with Crippen molar-refractivity contribution in [3.8, 4) is 0 Å². The van der Waals surface area contributed by atoms with Crippen LogP contribution in [0.25, 0.3) is 0 Å². The van der Waals surface area contributed by atoms with Gasteiger partial charge < -0.3 is 10.4 Å². The average Bonchev–Trinajstić information content (AvgIpc) is 2.92. The van der Waals surface area contributed by atoms with E-state index in [1.807, 2.05) is 6.07 Å². The molecule has 0 aromatic heterocycles. The topological polar surface area (TPSA) is 69.6 Å². The first kappa shape index (κ1) is 14.3. The van der Waals surface area contributed by atoms with E-state index in [9.17, 15) is 13.5 Å². The molecule has 6 heteroatoms. The Morgan fingerprint density at radius 3 is 2.68 bits per heavy atom. The number of benzene rings is 1. The van der Waals surface area contributed by atoms with Crippen LogP contribution in [0.1, 0.15) is 12.8 Å². The van der Waals surface area contributed by atoms with E-state index in [2.05, 4.69) is 5.32 Å². The van der Waals surface area contributed by atoms with Crippen molar-refractivity contribution >= 4 is 15.7 Å². The lowest BCUT2D eigenvalue weighted by molar-refractivity contribution is 0.157. The number of aliphatic hydroxyl groups is 1. The molecule has 0 amide bonds. The monoisotopic (exact) mass is 284 g/mol. The molecule has 0 spiro atoms. The number of aliphatic hydroxyl groups excluding tert-OH is 1. The van der Waals surface area contributed by atoms with Crippen LogP contribution >= 0.6 is 0 Å². The molecule has 1 fully saturated rings. The predicted molar refractivity (Wildman–Crippen MR) is 75.7 cm³/mol. The molecule has 0 radical (unpaired) electrons. The van der Waals surface area contributed by atoms with Crippen molar-refractivity contribution in [2.24, 2.45) is 0 Å². The average molecular weight is 284 g/mol. The second-order valence-corrected chi connectivity index (χ2v) is 6.90. The fourth-order valence-corrected chi connectivity index (χ4v) is 3.61. The summed E-state index contributed by atoms with van der Waals surface area (Å²) < 4.78 is 25.7. The van der Waals surface area contributed by atoms with E-state index < -0.39 is 16.1 Å². The summed E-state index contributed by atoms with van der Waals surface area (Å²) in [7, 11) is -1.99. The maximum atomic E-state index is 12.2. The van der Waals surface area contributed by atoms with Gasteiger partial charge in [0.1, 0.15) is 0 Å². The molecule has 2 rings (SSSR count). The molecule has 2 N–H and O–H groups in total. The van der Waals surface area contributed by atoms with E-state index >= 15 is 0 Å². The molecule has 1 aliphatic rings. The molecule has 1 aliphatic heterocycles. The van der Waals surface area contributed by atoms with Gasteiger partial charge in [-0.25, -0.2) is 8.42 Å². The Morgan fingerprint density at radius 1 is 1.42 bits per heavy atom. The zero-order valence-electron chi connectivity index (χ0n) is 11.0. The highest BCUT2D eigenvalue weighted by Crippen LogP contribution is 2.18. The van der Waals surface area contributed by atoms with Gasteiger partial charge in [0.05, 0.1) is 17.5 Å². The highest BCUT2D eigenvalue weighted by Gasteiger charge is 2.29. The number of hydrogen-bond acceptors (Lipinski definition) is 4. The van der Waals surface area contributed by atoms with E-state index in [1.165, 1.54) is 11.4 Å². The third kappa shape index (κ3) is 3.46. The fourth-order valence-electron chi connectivity index (χ4n) is 2.28. The molecule has 0 saturated carbocycles. The first-order valence-corrected chi connectivity index (χ1v) is 8.05. The maximum absolute atomic E-state index is 12.2. The van der Waals surface area contributed by atoms with Crippen molar-refractivity contribution in [3.05, 3.63) is 30.3 Å². The largest absolute Gasteiger partial charge is 0.390 e. The van der Waals surface area contributed by atoms with Gasteiger partial charge >= 0.3 is 0 Å². The van der Waals surface area contributed by atoms with Crippen molar-refractivity contribution in [1.29, 1.82) is 0 Å². The van der Waals surface area contributed by atoms with Gasteiger partial charge in [0, 0.05) is 13.1 Å². The Balaban J connectivity index is 2.05. The van der Waals surface area contributed by atoms with Crippen LogP contribution in [0.15, 0.2) is 30.3 Å². The highest BCUT2D eigenvalue weighted by molar-refractivity contribution is 7.92. The van der Waals surface area contributed by atoms with Crippen LogP contribution in [0, 0.1) is 0 Å². The minimum atomic E-state index is -3.51. The zero-order valence-corrected chi connectivity index (χ0v) is 11.8. The second kappa shape index (κ2) is 5.90. The van der Waals surface area contributed by atoms with E-state index in [4.69, 9.17) is 0 Å². The first-order valence-electron chi connectivity index (χ1n) is 6.44. The van der Waals surface area contributed by atoms with Crippen molar-refractivity contribution in [2.45, 2.75) is 25.0 Å². The normalized spacial score (nSPS) is 21.3. The van der Waals surface area contributed by atoms with Crippen LogP contribution in [-0.4, -0.2) is 45.0 Å². The molecule has 1 heterocycles. The number of rotatable bonds is 5. The third-order valence-electron chi connectivity index (χ3n) is 3.48. The molecule has 106 valence electrons. The predicted octanol–water partition coefficient (Wildman–Crippen LogP) is 0.565. The Kier molecular flexibility index (Phi) is 4.44. The van der Waals surface area contributed by atoms with Gasteiger partial charge in [-0.3, -0.25) is 4.31 Å². The Morgan fingerprint density at radius 2 is 2.11 bits per heavy atom. The van der Waals surface area contributed by atoms with Crippen LogP contribution in [0.2, 0.25) is 0 Å². The fraction of sp³-hybridized carbons (Fsp3) is 0.538. The molecular weight excluding hydrogens is 264 g/mol. The minimum absolute atomic E-state index is 0.112.